The van der Waals surface area contributed by atoms with Gasteiger partial charge in [-0.05, 0) is 19.1 Å². The van der Waals surface area contributed by atoms with E-state index in [0.29, 0.717) is 16.1 Å². The summed E-state index contributed by atoms with van der Waals surface area (Å²) in [6, 6.07) is 6.41. The lowest BCUT2D eigenvalue weighted by molar-refractivity contribution is -0.386. The molecule has 110 valence electrons. The Morgan fingerprint density at radius 1 is 1.38 bits per heavy atom. The fraction of sp³-hybridized carbons (Fsp3) is 0.231. The lowest BCUT2D eigenvalue weighted by Gasteiger charge is -2.08. The molecular weight excluding hydrogens is 340 g/mol. The summed E-state index contributed by atoms with van der Waals surface area (Å²) >= 11 is 3.20. The number of ether oxygens (including phenoxy) is 1. The van der Waals surface area contributed by atoms with Crippen LogP contribution in [0.3, 0.4) is 0 Å². The number of nitro benzene ring substituents is 1. The Bertz CT molecular complexity index is 678. The van der Waals surface area contributed by atoms with Crippen molar-refractivity contribution < 1.29 is 9.66 Å². The zero-order valence-electron chi connectivity index (χ0n) is 11.5. The third-order valence-corrected chi connectivity index (χ3v) is 3.12. The third-order valence-electron chi connectivity index (χ3n) is 2.63. The minimum absolute atomic E-state index is 0.0544. The Kier molecular flexibility index (Phi) is 4.69. The molecule has 0 aliphatic carbocycles. The van der Waals surface area contributed by atoms with Gasteiger partial charge in [0.2, 0.25) is 0 Å². The number of nitrogens with one attached hydrogen (secondary N) is 1. The molecule has 0 bridgehead atoms. The number of aryl methyl sites for hydroxylation is 1. The summed E-state index contributed by atoms with van der Waals surface area (Å²) in [4.78, 5) is 19.0. The number of anilines is 1. The molecule has 2 aromatic rings. The van der Waals surface area contributed by atoms with E-state index in [1.165, 1.54) is 12.1 Å². The van der Waals surface area contributed by atoms with Gasteiger partial charge in [0.05, 0.1) is 4.92 Å². The zero-order chi connectivity index (χ0) is 15.4. The fourth-order valence-corrected chi connectivity index (χ4v) is 2.07. The highest BCUT2D eigenvalue weighted by Gasteiger charge is 2.16. The first-order valence-corrected chi connectivity index (χ1v) is 6.88. The van der Waals surface area contributed by atoms with E-state index >= 15 is 0 Å². The van der Waals surface area contributed by atoms with Gasteiger partial charge >= 0.3 is 5.69 Å². The monoisotopic (exact) mass is 352 g/mol. The van der Waals surface area contributed by atoms with Crippen LogP contribution in [0.25, 0.3) is 0 Å². The Labute approximate surface area is 129 Å². The first-order valence-electron chi connectivity index (χ1n) is 6.08. The summed E-state index contributed by atoms with van der Waals surface area (Å²) in [6.45, 7) is 1.90. The van der Waals surface area contributed by atoms with Gasteiger partial charge in [0, 0.05) is 29.3 Å². The van der Waals surface area contributed by atoms with Crippen LogP contribution in [0.2, 0.25) is 0 Å². The molecule has 1 aromatic heterocycles. The van der Waals surface area contributed by atoms with Crippen LogP contribution in [-0.4, -0.2) is 21.9 Å². The summed E-state index contributed by atoms with van der Waals surface area (Å²) in [5, 5.41) is 13.9. The molecule has 21 heavy (non-hydrogen) atoms. The van der Waals surface area contributed by atoms with Gasteiger partial charge in [0.1, 0.15) is 12.4 Å². The second-order valence-electron chi connectivity index (χ2n) is 4.22. The molecule has 0 unspecified atom stereocenters. The Morgan fingerprint density at radius 3 is 2.81 bits per heavy atom. The number of hydrogen-bond acceptors (Lipinski definition) is 6. The zero-order valence-corrected chi connectivity index (χ0v) is 13.0. The first kappa shape index (κ1) is 15.2. The number of benzene rings is 1. The van der Waals surface area contributed by atoms with Crippen LogP contribution in [0.15, 0.2) is 28.7 Å². The van der Waals surface area contributed by atoms with Gasteiger partial charge in [-0.3, -0.25) is 10.1 Å². The van der Waals surface area contributed by atoms with E-state index in [2.05, 4.69) is 31.2 Å². The lowest BCUT2D eigenvalue weighted by Crippen LogP contribution is -2.06. The molecule has 0 saturated carbocycles. The molecule has 0 spiro atoms. The number of hydrogen-bond donors (Lipinski definition) is 1. The molecule has 0 aliphatic rings. The van der Waals surface area contributed by atoms with Crippen LogP contribution in [0.4, 0.5) is 11.5 Å². The third kappa shape index (κ3) is 3.88. The summed E-state index contributed by atoms with van der Waals surface area (Å²) < 4.78 is 6.10. The molecule has 1 N–H and O–H groups in total. The van der Waals surface area contributed by atoms with E-state index in [0.717, 1.165) is 5.69 Å². The number of nitrogens with zero attached hydrogens (tertiary/aromatic N) is 3. The van der Waals surface area contributed by atoms with Gasteiger partial charge in [0.25, 0.3) is 0 Å². The molecule has 8 heteroatoms. The normalized spacial score (nSPS) is 10.2. The van der Waals surface area contributed by atoms with E-state index in [1.54, 1.807) is 19.2 Å². The van der Waals surface area contributed by atoms with Crippen molar-refractivity contribution in [2.24, 2.45) is 0 Å². The van der Waals surface area contributed by atoms with E-state index in [4.69, 9.17) is 4.74 Å². The maximum Gasteiger partial charge on any atom is 0.312 e. The number of rotatable bonds is 5. The van der Waals surface area contributed by atoms with Gasteiger partial charge < -0.3 is 10.1 Å². The SMILES string of the molecule is CNc1cc(C)nc(COc2ccc(Br)cc2[N+](=O)[O-])n1. The summed E-state index contributed by atoms with van der Waals surface area (Å²) in [5.74, 6) is 1.31. The Morgan fingerprint density at radius 2 is 2.14 bits per heavy atom. The van der Waals surface area contributed by atoms with Crippen molar-refractivity contribution in [2.45, 2.75) is 13.5 Å². The van der Waals surface area contributed by atoms with Crippen molar-refractivity contribution in [3.63, 3.8) is 0 Å². The number of nitro groups is 1. The molecule has 2 rings (SSSR count). The van der Waals surface area contributed by atoms with Gasteiger partial charge in [-0.25, -0.2) is 9.97 Å². The first-order chi connectivity index (χ1) is 9.99. The smallest absolute Gasteiger partial charge is 0.312 e. The Balaban J connectivity index is 2.20. The van der Waals surface area contributed by atoms with Crippen molar-refractivity contribution in [2.75, 3.05) is 12.4 Å². The lowest BCUT2D eigenvalue weighted by atomic mass is 10.3. The second-order valence-corrected chi connectivity index (χ2v) is 5.13. The van der Waals surface area contributed by atoms with Crippen molar-refractivity contribution >= 4 is 27.4 Å². The minimum atomic E-state index is -0.490. The molecule has 0 aliphatic heterocycles. The average Bonchev–Trinajstić information content (AvgIpc) is 2.45. The predicted molar refractivity (Wildman–Crippen MR) is 81.4 cm³/mol. The topological polar surface area (TPSA) is 90.2 Å². The van der Waals surface area contributed by atoms with E-state index in [9.17, 15) is 10.1 Å². The van der Waals surface area contributed by atoms with Crippen molar-refractivity contribution in [3.05, 3.63) is 50.4 Å². The fourth-order valence-electron chi connectivity index (χ4n) is 1.72. The quantitative estimate of drug-likeness (QED) is 0.656. The van der Waals surface area contributed by atoms with Crippen LogP contribution in [0.1, 0.15) is 11.5 Å². The van der Waals surface area contributed by atoms with Gasteiger partial charge in [-0.15, -0.1) is 0 Å². The predicted octanol–water partition coefficient (Wildman–Crippen LogP) is 3.08. The van der Waals surface area contributed by atoms with Crippen LogP contribution in [0, 0.1) is 17.0 Å². The van der Waals surface area contributed by atoms with Crippen LogP contribution in [-0.2, 0) is 6.61 Å². The Hall–Kier alpha value is -2.22. The molecule has 0 atom stereocenters. The van der Waals surface area contributed by atoms with Crippen molar-refractivity contribution in [1.82, 2.24) is 9.97 Å². The molecular formula is C13H13BrN4O3. The van der Waals surface area contributed by atoms with E-state index in [1.807, 2.05) is 6.92 Å². The van der Waals surface area contributed by atoms with Gasteiger partial charge in [-0.2, -0.15) is 0 Å². The molecule has 0 radical (unpaired) electrons. The molecule has 1 heterocycles. The van der Waals surface area contributed by atoms with E-state index < -0.39 is 4.92 Å². The minimum Gasteiger partial charge on any atom is -0.479 e. The summed E-state index contributed by atoms with van der Waals surface area (Å²) in [7, 11) is 1.76. The van der Waals surface area contributed by atoms with Crippen LogP contribution < -0.4 is 10.1 Å². The highest BCUT2D eigenvalue weighted by molar-refractivity contribution is 9.10. The summed E-state index contributed by atoms with van der Waals surface area (Å²) in [6.07, 6.45) is 0. The largest absolute Gasteiger partial charge is 0.479 e. The molecule has 7 nitrogen and oxygen atoms in total. The van der Waals surface area contributed by atoms with Gasteiger partial charge in [-0.1, -0.05) is 15.9 Å². The second kappa shape index (κ2) is 6.49. The highest BCUT2D eigenvalue weighted by Crippen LogP contribution is 2.30. The molecule has 0 amide bonds. The highest BCUT2D eigenvalue weighted by atomic mass is 79.9. The maximum atomic E-state index is 11.0. The van der Waals surface area contributed by atoms with Crippen molar-refractivity contribution in [1.29, 1.82) is 0 Å². The van der Waals surface area contributed by atoms with Crippen LogP contribution >= 0.6 is 15.9 Å². The molecule has 0 saturated heterocycles. The number of aromatic nitrogens is 2. The average molecular weight is 353 g/mol. The van der Waals surface area contributed by atoms with E-state index in [-0.39, 0.29) is 18.0 Å². The molecule has 0 fully saturated rings. The molecule has 1 aromatic carbocycles. The standard InChI is InChI=1S/C13H13BrN4O3/c1-8-5-12(15-2)17-13(16-8)7-21-11-4-3-9(14)6-10(11)18(19)20/h3-6H,7H2,1-2H3,(H,15,16,17). The summed E-state index contributed by atoms with van der Waals surface area (Å²) in [5.41, 5.74) is 0.684. The van der Waals surface area contributed by atoms with Crippen molar-refractivity contribution in [3.8, 4) is 5.75 Å². The maximum absolute atomic E-state index is 11.0. The van der Waals surface area contributed by atoms with Crippen LogP contribution in [0.5, 0.6) is 5.75 Å². The van der Waals surface area contributed by atoms with Gasteiger partial charge in [0.15, 0.2) is 11.6 Å². The number of halogens is 1.